The molecule has 1 heterocycles. The number of rotatable bonds is 4. The number of hydrogen-bond donors (Lipinski definition) is 3. The lowest BCUT2D eigenvalue weighted by Crippen LogP contribution is -2.16. The Morgan fingerprint density at radius 1 is 1.43 bits per heavy atom. The first-order chi connectivity index (χ1) is 9.72. The second-order valence-corrected chi connectivity index (χ2v) is 6.28. The molecule has 9 heteroatoms. The van der Waals surface area contributed by atoms with E-state index in [2.05, 4.69) is 4.98 Å². The van der Waals surface area contributed by atoms with Crippen LogP contribution in [0.1, 0.15) is 16.1 Å². The van der Waals surface area contributed by atoms with Crippen molar-refractivity contribution >= 4 is 33.3 Å². The van der Waals surface area contributed by atoms with E-state index >= 15 is 0 Å². The number of benzene rings is 1. The summed E-state index contributed by atoms with van der Waals surface area (Å²) in [6, 6.07) is 3.08. The second kappa shape index (κ2) is 5.38. The summed E-state index contributed by atoms with van der Waals surface area (Å²) in [7, 11) is -4.27. The number of sulfonamides is 1. The standard InChI is InChI=1S/C12H10ClFN2O4S/c1-6-11(12(17)18)9(5-15-6)16-21(19,20)10-3-2-7(13)4-8(10)14/h2-5,15-16H,1H3,(H,17,18). The number of aromatic carboxylic acids is 1. The van der Waals surface area contributed by atoms with E-state index in [9.17, 15) is 17.6 Å². The van der Waals surface area contributed by atoms with E-state index in [0.29, 0.717) is 0 Å². The van der Waals surface area contributed by atoms with Crippen LogP contribution in [0.5, 0.6) is 0 Å². The average molecular weight is 333 g/mol. The zero-order chi connectivity index (χ0) is 15.8. The summed E-state index contributed by atoms with van der Waals surface area (Å²) in [6.07, 6.45) is 1.18. The zero-order valence-corrected chi connectivity index (χ0v) is 12.2. The van der Waals surface area contributed by atoms with Crippen LogP contribution in [0.4, 0.5) is 10.1 Å². The van der Waals surface area contributed by atoms with Gasteiger partial charge in [0.25, 0.3) is 10.0 Å². The van der Waals surface area contributed by atoms with Crippen molar-refractivity contribution < 1.29 is 22.7 Å². The normalized spacial score (nSPS) is 11.4. The number of aromatic amines is 1. The number of carbonyl (C=O) groups is 1. The van der Waals surface area contributed by atoms with Gasteiger partial charge in [-0.2, -0.15) is 0 Å². The van der Waals surface area contributed by atoms with E-state index in [-0.39, 0.29) is 22.0 Å². The van der Waals surface area contributed by atoms with Gasteiger partial charge in [0.15, 0.2) is 0 Å². The molecule has 0 saturated heterocycles. The first-order valence-corrected chi connectivity index (χ1v) is 7.47. The molecular formula is C12H10ClFN2O4S. The lowest BCUT2D eigenvalue weighted by atomic mass is 10.2. The number of nitrogens with one attached hydrogen (secondary N) is 2. The second-order valence-electron chi connectivity index (χ2n) is 4.19. The number of H-pyrrole nitrogens is 1. The average Bonchev–Trinajstić information content (AvgIpc) is 2.68. The fourth-order valence-corrected chi connectivity index (χ4v) is 3.06. The molecule has 0 bridgehead atoms. The van der Waals surface area contributed by atoms with Crippen LogP contribution in [0.3, 0.4) is 0 Å². The Morgan fingerprint density at radius 2 is 2.10 bits per heavy atom. The molecule has 0 aliphatic rings. The minimum atomic E-state index is -4.27. The highest BCUT2D eigenvalue weighted by molar-refractivity contribution is 7.92. The molecule has 21 heavy (non-hydrogen) atoms. The maximum absolute atomic E-state index is 13.7. The van der Waals surface area contributed by atoms with Gasteiger partial charge in [-0.25, -0.2) is 17.6 Å². The maximum Gasteiger partial charge on any atom is 0.339 e. The van der Waals surface area contributed by atoms with Gasteiger partial charge in [-0.1, -0.05) is 11.6 Å². The molecular weight excluding hydrogens is 323 g/mol. The summed E-state index contributed by atoms with van der Waals surface area (Å²) in [5.74, 6) is -2.33. The monoisotopic (exact) mass is 332 g/mol. The quantitative estimate of drug-likeness (QED) is 0.801. The first-order valence-electron chi connectivity index (χ1n) is 5.61. The molecule has 0 aliphatic heterocycles. The molecule has 3 N–H and O–H groups in total. The maximum atomic E-state index is 13.7. The van der Waals surface area contributed by atoms with E-state index in [1.807, 2.05) is 4.72 Å². The highest BCUT2D eigenvalue weighted by Gasteiger charge is 2.23. The zero-order valence-electron chi connectivity index (χ0n) is 10.6. The SMILES string of the molecule is Cc1[nH]cc(NS(=O)(=O)c2ccc(Cl)cc2F)c1C(=O)O. The molecule has 112 valence electrons. The number of carboxylic acid groups (broad SMARTS) is 1. The highest BCUT2D eigenvalue weighted by atomic mass is 35.5. The third kappa shape index (κ3) is 3.01. The number of carboxylic acids is 1. The van der Waals surface area contributed by atoms with E-state index < -0.39 is 26.7 Å². The van der Waals surface area contributed by atoms with Gasteiger partial charge in [-0.05, 0) is 25.1 Å². The Labute approximate surface area is 124 Å². The molecule has 6 nitrogen and oxygen atoms in total. The Balaban J connectivity index is 2.45. The number of halogens is 2. The first kappa shape index (κ1) is 15.3. The van der Waals surface area contributed by atoms with E-state index in [1.165, 1.54) is 19.2 Å². The van der Waals surface area contributed by atoms with Crippen LogP contribution in [0.2, 0.25) is 5.02 Å². The van der Waals surface area contributed by atoms with Crippen molar-refractivity contribution in [1.82, 2.24) is 4.98 Å². The van der Waals surface area contributed by atoms with Crippen molar-refractivity contribution in [3.63, 3.8) is 0 Å². The fraction of sp³-hybridized carbons (Fsp3) is 0.0833. The molecule has 0 atom stereocenters. The summed E-state index contributed by atoms with van der Waals surface area (Å²) < 4.78 is 40.0. The van der Waals surface area contributed by atoms with Gasteiger partial charge in [0, 0.05) is 16.9 Å². The van der Waals surface area contributed by atoms with Gasteiger partial charge in [-0.3, -0.25) is 4.72 Å². The minimum absolute atomic E-state index is 0.0511. The van der Waals surface area contributed by atoms with Gasteiger partial charge in [0.1, 0.15) is 16.3 Å². The molecule has 2 aromatic rings. The van der Waals surface area contributed by atoms with Crippen LogP contribution < -0.4 is 4.72 Å². The summed E-state index contributed by atoms with van der Waals surface area (Å²) in [4.78, 5) is 13.1. The fourth-order valence-electron chi connectivity index (χ4n) is 1.78. The van der Waals surface area contributed by atoms with Crippen molar-refractivity contribution in [2.75, 3.05) is 4.72 Å². The molecule has 1 aromatic heterocycles. The lowest BCUT2D eigenvalue weighted by Gasteiger charge is -2.08. The summed E-state index contributed by atoms with van der Waals surface area (Å²) in [5, 5.41) is 9.10. The lowest BCUT2D eigenvalue weighted by molar-refractivity contribution is 0.0697. The molecule has 0 amide bonds. The number of hydrogen-bond acceptors (Lipinski definition) is 3. The van der Waals surface area contributed by atoms with Crippen LogP contribution in [0.25, 0.3) is 0 Å². The minimum Gasteiger partial charge on any atom is -0.478 e. The Morgan fingerprint density at radius 3 is 2.67 bits per heavy atom. The molecule has 2 rings (SSSR count). The van der Waals surface area contributed by atoms with Gasteiger partial charge in [0.05, 0.1) is 5.69 Å². The predicted octanol–water partition coefficient (Wildman–Crippen LogP) is 2.61. The summed E-state index contributed by atoms with van der Waals surface area (Å²) in [6.45, 7) is 1.48. The molecule has 0 fully saturated rings. The Hall–Kier alpha value is -2.06. The molecule has 0 spiro atoms. The smallest absolute Gasteiger partial charge is 0.339 e. The highest BCUT2D eigenvalue weighted by Crippen LogP contribution is 2.25. The number of anilines is 1. The third-order valence-electron chi connectivity index (χ3n) is 2.72. The van der Waals surface area contributed by atoms with Gasteiger partial charge < -0.3 is 10.1 Å². The molecule has 0 aliphatic carbocycles. The van der Waals surface area contributed by atoms with Crippen molar-refractivity contribution in [2.45, 2.75) is 11.8 Å². The number of aryl methyl sites for hydroxylation is 1. The Bertz CT molecular complexity index is 817. The van der Waals surface area contributed by atoms with Crippen molar-refractivity contribution in [3.8, 4) is 0 Å². The molecule has 0 unspecified atom stereocenters. The van der Waals surface area contributed by atoms with Crippen LogP contribution >= 0.6 is 11.6 Å². The van der Waals surface area contributed by atoms with Crippen LogP contribution in [-0.4, -0.2) is 24.5 Å². The van der Waals surface area contributed by atoms with Gasteiger partial charge in [-0.15, -0.1) is 0 Å². The summed E-state index contributed by atoms with van der Waals surface area (Å²) >= 11 is 5.56. The third-order valence-corrected chi connectivity index (χ3v) is 4.35. The predicted molar refractivity (Wildman–Crippen MR) is 74.7 cm³/mol. The van der Waals surface area contributed by atoms with E-state index in [1.54, 1.807) is 0 Å². The topological polar surface area (TPSA) is 99.3 Å². The van der Waals surface area contributed by atoms with Gasteiger partial charge in [0.2, 0.25) is 0 Å². The van der Waals surface area contributed by atoms with Gasteiger partial charge >= 0.3 is 5.97 Å². The number of aromatic nitrogens is 1. The van der Waals surface area contributed by atoms with Crippen LogP contribution in [0.15, 0.2) is 29.3 Å². The summed E-state index contributed by atoms with van der Waals surface area (Å²) in [5.41, 5.74) is -0.126. The van der Waals surface area contributed by atoms with Crippen LogP contribution in [0, 0.1) is 12.7 Å². The van der Waals surface area contributed by atoms with E-state index in [4.69, 9.17) is 16.7 Å². The van der Waals surface area contributed by atoms with Crippen LogP contribution in [-0.2, 0) is 10.0 Å². The van der Waals surface area contributed by atoms with Crippen molar-refractivity contribution in [3.05, 3.63) is 46.5 Å². The molecule has 0 saturated carbocycles. The molecule has 1 aromatic carbocycles. The van der Waals surface area contributed by atoms with Crippen molar-refractivity contribution in [1.29, 1.82) is 0 Å². The molecule has 0 radical (unpaired) electrons. The van der Waals surface area contributed by atoms with Crippen molar-refractivity contribution in [2.24, 2.45) is 0 Å². The largest absolute Gasteiger partial charge is 0.478 e. The Kier molecular flexibility index (Phi) is 3.93. The van der Waals surface area contributed by atoms with E-state index in [0.717, 1.165) is 12.1 Å².